The maximum absolute atomic E-state index is 4.22. The monoisotopic (exact) mass is 110 g/mol. The molecular weight excluding hydrogens is 100 g/mol. The smallest absolute Gasteiger partial charge is 0.0584 e. The van der Waals surface area contributed by atoms with Crippen molar-refractivity contribution in [3.63, 3.8) is 0 Å². The zero-order valence-electron chi connectivity index (χ0n) is 5.09. The van der Waals surface area contributed by atoms with Crippen molar-refractivity contribution in [3.05, 3.63) is 0 Å². The van der Waals surface area contributed by atoms with Gasteiger partial charge in [0.1, 0.15) is 0 Å². The van der Waals surface area contributed by atoms with Gasteiger partial charge in [0, 0.05) is 18.3 Å². The van der Waals surface area contributed by atoms with Crippen molar-refractivity contribution < 1.29 is 0 Å². The topological polar surface area (TPSA) is 24.7 Å². The predicted octanol–water partition coefficient (Wildman–Crippen LogP) is 0.922. The molecule has 0 N–H and O–H groups in total. The van der Waals surface area contributed by atoms with E-state index in [9.17, 15) is 0 Å². The van der Waals surface area contributed by atoms with Crippen LogP contribution in [0.3, 0.4) is 0 Å². The van der Waals surface area contributed by atoms with Crippen molar-refractivity contribution in [2.45, 2.75) is 13.3 Å². The van der Waals surface area contributed by atoms with Crippen molar-refractivity contribution >= 4 is 11.9 Å². The zero-order chi connectivity index (χ0) is 5.82. The number of nitrogens with zero attached hydrogens (tertiary/aromatic N) is 2. The highest BCUT2D eigenvalue weighted by atomic mass is 14.8. The van der Waals surface area contributed by atoms with Gasteiger partial charge in [0.25, 0.3) is 0 Å². The van der Waals surface area contributed by atoms with Crippen LogP contribution in [0.5, 0.6) is 0 Å². The Morgan fingerprint density at radius 3 is 3.25 bits per heavy atom. The lowest BCUT2D eigenvalue weighted by molar-refractivity contribution is 0.987. The quantitative estimate of drug-likeness (QED) is 0.443. The minimum absolute atomic E-state index is 0.872. The van der Waals surface area contributed by atoms with Crippen LogP contribution in [-0.4, -0.2) is 25.0 Å². The van der Waals surface area contributed by atoms with Crippen molar-refractivity contribution in [2.24, 2.45) is 9.98 Å². The summed E-state index contributed by atoms with van der Waals surface area (Å²) in [4.78, 5) is 8.30. The first kappa shape index (κ1) is 5.48. The Bertz CT molecular complexity index is 124. The normalized spacial score (nSPS) is 19.9. The molecule has 0 aromatic heterocycles. The summed E-state index contributed by atoms with van der Waals surface area (Å²) in [6.07, 6.45) is 2.88. The van der Waals surface area contributed by atoms with Gasteiger partial charge in [0.05, 0.1) is 13.1 Å². The van der Waals surface area contributed by atoms with E-state index in [1.807, 2.05) is 13.1 Å². The second-order valence-corrected chi connectivity index (χ2v) is 1.91. The summed E-state index contributed by atoms with van der Waals surface area (Å²) in [7, 11) is 0. The molecule has 0 unspecified atom stereocenters. The number of aliphatic imine (C=N–C) groups is 2. The van der Waals surface area contributed by atoms with E-state index in [1.165, 1.54) is 5.71 Å². The highest BCUT2D eigenvalue weighted by Gasteiger charge is 1.90. The average molecular weight is 110 g/mol. The molecule has 0 aromatic rings. The standard InChI is InChI=1S/C6H10N2/c1-6-2-3-7-4-5-8-6/h3H,2,4-5H2,1H3. The summed E-state index contributed by atoms with van der Waals surface area (Å²) in [5.74, 6) is 0. The summed E-state index contributed by atoms with van der Waals surface area (Å²) in [6, 6.07) is 0. The van der Waals surface area contributed by atoms with Gasteiger partial charge in [-0.2, -0.15) is 0 Å². The third kappa shape index (κ3) is 1.45. The summed E-state index contributed by atoms with van der Waals surface area (Å²) in [5, 5.41) is 0. The molecule has 0 fully saturated rings. The molecule has 2 nitrogen and oxygen atoms in total. The lowest BCUT2D eigenvalue weighted by Gasteiger charge is -1.86. The fourth-order valence-electron chi connectivity index (χ4n) is 0.651. The molecule has 8 heavy (non-hydrogen) atoms. The highest BCUT2D eigenvalue weighted by Crippen LogP contribution is 1.88. The summed E-state index contributed by atoms with van der Waals surface area (Å²) in [5.41, 5.74) is 1.20. The van der Waals surface area contributed by atoms with Gasteiger partial charge in [-0.15, -0.1) is 0 Å². The summed E-state index contributed by atoms with van der Waals surface area (Å²) < 4.78 is 0. The number of hydrogen-bond acceptors (Lipinski definition) is 2. The largest absolute Gasteiger partial charge is 0.295 e. The maximum atomic E-state index is 4.22. The molecule has 0 spiro atoms. The van der Waals surface area contributed by atoms with Gasteiger partial charge in [-0.05, 0) is 6.92 Å². The Morgan fingerprint density at radius 1 is 1.50 bits per heavy atom. The Kier molecular flexibility index (Phi) is 1.78. The van der Waals surface area contributed by atoms with Crippen LogP contribution in [0, 0.1) is 0 Å². The first-order valence-electron chi connectivity index (χ1n) is 2.88. The average Bonchev–Trinajstić information content (AvgIpc) is 1.94. The van der Waals surface area contributed by atoms with Gasteiger partial charge in [-0.1, -0.05) is 0 Å². The molecule has 0 atom stereocenters. The van der Waals surface area contributed by atoms with E-state index in [0.29, 0.717) is 0 Å². The maximum Gasteiger partial charge on any atom is 0.0584 e. The van der Waals surface area contributed by atoms with E-state index >= 15 is 0 Å². The van der Waals surface area contributed by atoms with Crippen LogP contribution in [0.2, 0.25) is 0 Å². The second-order valence-electron chi connectivity index (χ2n) is 1.91. The lowest BCUT2D eigenvalue weighted by atomic mass is 10.3. The molecule has 0 saturated carbocycles. The van der Waals surface area contributed by atoms with E-state index in [-0.39, 0.29) is 0 Å². The van der Waals surface area contributed by atoms with Crippen molar-refractivity contribution in [3.8, 4) is 0 Å². The van der Waals surface area contributed by atoms with Crippen molar-refractivity contribution in [1.29, 1.82) is 0 Å². The van der Waals surface area contributed by atoms with Crippen LogP contribution in [0.15, 0.2) is 9.98 Å². The zero-order valence-corrected chi connectivity index (χ0v) is 5.09. The first-order valence-corrected chi connectivity index (χ1v) is 2.88. The van der Waals surface area contributed by atoms with Crippen molar-refractivity contribution in [1.82, 2.24) is 0 Å². The van der Waals surface area contributed by atoms with Gasteiger partial charge in [0.15, 0.2) is 0 Å². The highest BCUT2D eigenvalue weighted by molar-refractivity contribution is 5.94. The fourth-order valence-corrected chi connectivity index (χ4v) is 0.651. The minimum atomic E-state index is 0.872. The molecule has 0 bridgehead atoms. The van der Waals surface area contributed by atoms with Gasteiger partial charge >= 0.3 is 0 Å². The number of hydrogen-bond donors (Lipinski definition) is 0. The Morgan fingerprint density at radius 2 is 2.38 bits per heavy atom. The Hall–Kier alpha value is -0.660. The summed E-state index contributed by atoms with van der Waals surface area (Å²) in [6.45, 7) is 3.79. The predicted molar refractivity (Wildman–Crippen MR) is 36.0 cm³/mol. The van der Waals surface area contributed by atoms with Crippen LogP contribution in [-0.2, 0) is 0 Å². The first-order chi connectivity index (χ1) is 3.89. The fraction of sp³-hybridized carbons (Fsp3) is 0.667. The third-order valence-corrected chi connectivity index (χ3v) is 1.13. The molecule has 44 valence electrons. The van der Waals surface area contributed by atoms with E-state index in [1.54, 1.807) is 0 Å². The third-order valence-electron chi connectivity index (χ3n) is 1.13. The molecule has 2 heteroatoms. The molecule has 0 radical (unpaired) electrons. The number of rotatable bonds is 0. The van der Waals surface area contributed by atoms with Crippen molar-refractivity contribution in [2.75, 3.05) is 13.1 Å². The van der Waals surface area contributed by atoms with Crippen LogP contribution >= 0.6 is 0 Å². The van der Waals surface area contributed by atoms with Crippen LogP contribution in [0.25, 0.3) is 0 Å². The van der Waals surface area contributed by atoms with Gasteiger partial charge in [0.2, 0.25) is 0 Å². The Labute approximate surface area is 49.3 Å². The summed E-state index contributed by atoms with van der Waals surface area (Å²) >= 11 is 0. The van der Waals surface area contributed by atoms with Gasteiger partial charge in [-0.3, -0.25) is 9.98 Å². The lowest BCUT2D eigenvalue weighted by Crippen LogP contribution is -1.90. The van der Waals surface area contributed by atoms with Crippen LogP contribution in [0.1, 0.15) is 13.3 Å². The molecule has 1 aliphatic rings. The molecular formula is C6H10N2. The van der Waals surface area contributed by atoms with Gasteiger partial charge < -0.3 is 0 Å². The van der Waals surface area contributed by atoms with Crippen LogP contribution < -0.4 is 0 Å². The van der Waals surface area contributed by atoms with E-state index < -0.39 is 0 Å². The molecule has 0 aromatic carbocycles. The van der Waals surface area contributed by atoms with Crippen LogP contribution in [0.4, 0.5) is 0 Å². The molecule has 1 heterocycles. The molecule has 0 saturated heterocycles. The molecule has 1 aliphatic heterocycles. The SMILES string of the molecule is CC1=NCCN=CC1. The minimum Gasteiger partial charge on any atom is -0.295 e. The molecule has 1 rings (SSSR count). The molecule has 0 amide bonds. The second kappa shape index (κ2) is 2.60. The van der Waals surface area contributed by atoms with Gasteiger partial charge in [-0.25, -0.2) is 0 Å². The molecule has 0 aliphatic carbocycles. The van der Waals surface area contributed by atoms with E-state index in [0.717, 1.165) is 19.5 Å². The Balaban J connectivity index is 2.51. The van der Waals surface area contributed by atoms with E-state index in [4.69, 9.17) is 0 Å². The van der Waals surface area contributed by atoms with E-state index in [2.05, 4.69) is 9.98 Å².